The number of hydrazone groups is 1. The number of nitrogens with one attached hydrogen (secondary N) is 2. The molecule has 0 bridgehead atoms. The highest BCUT2D eigenvalue weighted by Gasteiger charge is 2.21. The molecule has 1 atom stereocenters. The Kier molecular flexibility index (Phi) is 7.06. The van der Waals surface area contributed by atoms with E-state index in [9.17, 15) is 19.7 Å². The first-order valence-corrected chi connectivity index (χ1v) is 8.04. The molecule has 27 heavy (non-hydrogen) atoms. The Balaban J connectivity index is 2.01. The van der Waals surface area contributed by atoms with Crippen LogP contribution in [-0.4, -0.2) is 35.8 Å². The summed E-state index contributed by atoms with van der Waals surface area (Å²) in [5.74, 6) is -0.919. The van der Waals surface area contributed by atoms with Gasteiger partial charge in [-0.25, -0.2) is 10.2 Å². The van der Waals surface area contributed by atoms with Crippen LogP contribution < -0.4 is 10.7 Å². The molecule has 142 valence electrons. The normalized spacial score (nSPS) is 11.7. The summed E-state index contributed by atoms with van der Waals surface area (Å²) in [5.41, 5.74) is 3.10. The fourth-order valence-corrected chi connectivity index (χ4v) is 2.12. The number of hydrogen-bond acceptors (Lipinski definition) is 7. The van der Waals surface area contributed by atoms with Gasteiger partial charge in [0.25, 0.3) is 5.91 Å². The highest BCUT2D eigenvalue weighted by molar-refractivity contribution is 5.87. The Morgan fingerprint density at radius 2 is 2.04 bits per heavy atom. The predicted molar refractivity (Wildman–Crippen MR) is 95.2 cm³/mol. The van der Waals surface area contributed by atoms with E-state index in [1.165, 1.54) is 12.1 Å². The lowest BCUT2D eigenvalue weighted by molar-refractivity contribution is -0.402. The third kappa shape index (κ3) is 6.27. The molecule has 0 saturated heterocycles. The van der Waals surface area contributed by atoms with Crippen LogP contribution in [0.2, 0.25) is 0 Å². The molecule has 1 heterocycles. The molecule has 10 heteroatoms. The van der Waals surface area contributed by atoms with Crippen molar-refractivity contribution in [1.29, 1.82) is 0 Å². The van der Waals surface area contributed by atoms with Crippen molar-refractivity contribution in [3.63, 3.8) is 0 Å². The van der Waals surface area contributed by atoms with E-state index in [2.05, 4.69) is 15.8 Å². The van der Waals surface area contributed by atoms with E-state index in [1.54, 1.807) is 6.92 Å². The van der Waals surface area contributed by atoms with Gasteiger partial charge in [0, 0.05) is 6.42 Å². The fourth-order valence-electron chi connectivity index (χ4n) is 2.12. The summed E-state index contributed by atoms with van der Waals surface area (Å²) in [6.07, 6.45) is 0.626. The van der Waals surface area contributed by atoms with Crippen molar-refractivity contribution >= 4 is 24.1 Å². The smallest absolute Gasteiger partial charge is 0.433 e. The Morgan fingerprint density at radius 1 is 1.30 bits per heavy atom. The molecule has 1 aromatic heterocycles. The van der Waals surface area contributed by atoms with Gasteiger partial charge >= 0.3 is 12.0 Å². The second kappa shape index (κ2) is 9.70. The van der Waals surface area contributed by atoms with Gasteiger partial charge in [0.2, 0.25) is 0 Å². The van der Waals surface area contributed by atoms with E-state index in [4.69, 9.17) is 9.15 Å². The van der Waals surface area contributed by atoms with Gasteiger partial charge in [-0.1, -0.05) is 30.3 Å². The number of nitro groups is 1. The number of benzene rings is 1. The molecule has 0 aliphatic heterocycles. The van der Waals surface area contributed by atoms with Gasteiger partial charge < -0.3 is 14.5 Å². The first kappa shape index (κ1) is 19.6. The summed E-state index contributed by atoms with van der Waals surface area (Å²) in [6, 6.07) is 10.7. The Labute approximate surface area is 154 Å². The molecular weight excluding hydrogens is 356 g/mol. The van der Waals surface area contributed by atoms with Crippen LogP contribution in [-0.2, 0) is 16.0 Å². The van der Waals surface area contributed by atoms with Crippen LogP contribution >= 0.6 is 0 Å². The predicted octanol–water partition coefficient (Wildman–Crippen LogP) is 2.00. The summed E-state index contributed by atoms with van der Waals surface area (Å²) >= 11 is 0. The van der Waals surface area contributed by atoms with E-state index >= 15 is 0 Å². The fraction of sp³-hybridized carbons (Fsp3) is 0.235. The summed E-state index contributed by atoms with van der Waals surface area (Å²) in [7, 11) is 0. The molecular formula is C17H18N4O6. The molecule has 0 radical (unpaired) electrons. The maximum absolute atomic E-state index is 12.4. The Hall–Kier alpha value is -3.69. The SMILES string of the molecule is CCOC(=O)N[C@@H](Cc1ccccc1)C(=O)N/N=C\c1ccc([N+](=O)[O-])o1. The standard InChI is InChI=1S/C17H18N4O6/c1-2-26-17(23)19-14(10-12-6-4-3-5-7-12)16(22)20-18-11-13-8-9-15(27-13)21(24)25/h3-9,11,14H,2,10H2,1H3,(H,19,23)(H,20,22)/b18-11-/t14-/m0/s1. The molecule has 2 amide bonds. The number of nitrogens with zero attached hydrogens (tertiary/aromatic N) is 2. The number of carbonyl (C=O) groups is 2. The summed E-state index contributed by atoms with van der Waals surface area (Å²) in [5, 5.41) is 16.7. The van der Waals surface area contributed by atoms with E-state index in [0.717, 1.165) is 11.8 Å². The maximum Gasteiger partial charge on any atom is 0.433 e. The zero-order chi connectivity index (χ0) is 19.6. The van der Waals surface area contributed by atoms with Gasteiger partial charge in [-0.3, -0.25) is 14.9 Å². The first-order valence-electron chi connectivity index (χ1n) is 8.04. The van der Waals surface area contributed by atoms with E-state index in [1.807, 2.05) is 30.3 Å². The lowest BCUT2D eigenvalue weighted by atomic mass is 10.1. The van der Waals surface area contributed by atoms with Crippen LogP contribution in [0.25, 0.3) is 0 Å². The van der Waals surface area contributed by atoms with Crippen molar-refractivity contribution in [2.75, 3.05) is 6.61 Å². The summed E-state index contributed by atoms with van der Waals surface area (Å²) in [4.78, 5) is 33.9. The topological polar surface area (TPSA) is 136 Å². The zero-order valence-corrected chi connectivity index (χ0v) is 14.5. The first-order chi connectivity index (χ1) is 13.0. The number of carbonyl (C=O) groups excluding carboxylic acids is 2. The minimum Gasteiger partial charge on any atom is -0.450 e. The lowest BCUT2D eigenvalue weighted by Crippen LogP contribution is -2.47. The average Bonchev–Trinajstić information content (AvgIpc) is 3.11. The van der Waals surface area contributed by atoms with Crippen LogP contribution in [0.3, 0.4) is 0 Å². The van der Waals surface area contributed by atoms with Crippen molar-refractivity contribution < 1.29 is 23.7 Å². The number of ether oxygens (including phenoxy) is 1. The minimum absolute atomic E-state index is 0.0972. The van der Waals surface area contributed by atoms with Crippen LogP contribution in [0.15, 0.2) is 52.0 Å². The largest absolute Gasteiger partial charge is 0.450 e. The molecule has 2 aromatic rings. The molecule has 10 nitrogen and oxygen atoms in total. The highest BCUT2D eigenvalue weighted by Crippen LogP contribution is 2.13. The molecule has 1 aromatic carbocycles. The van der Waals surface area contributed by atoms with Crippen molar-refractivity contribution in [3.05, 3.63) is 63.9 Å². The lowest BCUT2D eigenvalue weighted by Gasteiger charge is -2.16. The second-order valence-electron chi connectivity index (χ2n) is 5.27. The Bertz CT molecular complexity index is 818. The molecule has 0 saturated carbocycles. The van der Waals surface area contributed by atoms with Crippen molar-refractivity contribution in [3.8, 4) is 0 Å². The van der Waals surface area contributed by atoms with Gasteiger partial charge in [-0.2, -0.15) is 5.10 Å². The van der Waals surface area contributed by atoms with Gasteiger partial charge in [-0.05, 0) is 18.6 Å². The molecule has 0 spiro atoms. The molecule has 0 aliphatic rings. The number of rotatable bonds is 8. The van der Waals surface area contributed by atoms with Crippen molar-refractivity contribution in [2.45, 2.75) is 19.4 Å². The monoisotopic (exact) mass is 374 g/mol. The van der Waals surface area contributed by atoms with Crippen LogP contribution in [0.4, 0.5) is 10.7 Å². The average molecular weight is 374 g/mol. The van der Waals surface area contributed by atoms with Gasteiger partial charge in [0.15, 0.2) is 5.76 Å². The van der Waals surface area contributed by atoms with Crippen LogP contribution in [0.5, 0.6) is 0 Å². The molecule has 0 fully saturated rings. The maximum atomic E-state index is 12.4. The number of alkyl carbamates (subject to hydrolysis) is 1. The summed E-state index contributed by atoms with van der Waals surface area (Å²) < 4.78 is 9.70. The number of amides is 2. The number of hydrogen-bond donors (Lipinski definition) is 2. The summed E-state index contributed by atoms with van der Waals surface area (Å²) in [6.45, 7) is 1.82. The minimum atomic E-state index is -0.922. The Morgan fingerprint density at radius 3 is 2.67 bits per heavy atom. The molecule has 2 N–H and O–H groups in total. The van der Waals surface area contributed by atoms with E-state index in [-0.39, 0.29) is 18.8 Å². The van der Waals surface area contributed by atoms with Gasteiger partial charge in [-0.15, -0.1) is 0 Å². The van der Waals surface area contributed by atoms with Crippen LogP contribution in [0, 0.1) is 10.1 Å². The van der Waals surface area contributed by atoms with Crippen LogP contribution in [0.1, 0.15) is 18.2 Å². The van der Waals surface area contributed by atoms with Gasteiger partial charge in [0.05, 0.1) is 18.9 Å². The van der Waals surface area contributed by atoms with Crippen molar-refractivity contribution in [1.82, 2.24) is 10.7 Å². The molecule has 0 aliphatic carbocycles. The highest BCUT2D eigenvalue weighted by atomic mass is 16.6. The third-order valence-corrected chi connectivity index (χ3v) is 3.33. The number of furan rings is 1. The quantitative estimate of drug-likeness (QED) is 0.412. The van der Waals surface area contributed by atoms with E-state index in [0.29, 0.717) is 0 Å². The zero-order valence-electron chi connectivity index (χ0n) is 14.5. The van der Waals surface area contributed by atoms with Crippen molar-refractivity contribution in [2.24, 2.45) is 5.10 Å². The third-order valence-electron chi connectivity index (χ3n) is 3.33. The molecule has 2 rings (SSSR count). The molecule has 0 unspecified atom stereocenters. The van der Waals surface area contributed by atoms with E-state index < -0.39 is 28.8 Å². The van der Waals surface area contributed by atoms with Gasteiger partial charge in [0.1, 0.15) is 11.0 Å². The second-order valence-corrected chi connectivity index (χ2v) is 5.27.